The van der Waals surface area contributed by atoms with Crippen LogP contribution < -0.4 is 5.32 Å². The summed E-state index contributed by atoms with van der Waals surface area (Å²) in [6.45, 7) is 5.45. The van der Waals surface area contributed by atoms with Crippen molar-refractivity contribution in [3.05, 3.63) is 0 Å². The van der Waals surface area contributed by atoms with Gasteiger partial charge in [0.2, 0.25) is 0 Å². The molecule has 1 fully saturated rings. The first-order valence-electron chi connectivity index (χ1n) is 5.19. The maximum Gasteiger partial charge on any atom is 0.156 e. The summed E-state index contributed by atoms with van der Waals surface area (Å²) in [5.41, 5.74) is 0. The van der Waals surface area contributed by atoms with E-state index >= 15 is 0 Å². The average Bonchev–Trinajstić information content (AvgIpc) is 2.63. The summed E-state index contributed by atoms with van der Waals surface area (Å²) in [4.78, 5) is 4.60. The fourth-order valence-corrected chi connectivity index (χ4v) is 3.09. The van der Waals surface area contributed by atoms with E-state index in [9.17, 15) is 0 Å². The van der Waals surface area contributed by atoms with Crippen LogP contribution in [0.1, 0.15) is 20.3 Å². The fourth-order valence-electron chi connectivity index (χ4n) is 1.32. The Labute approximate surface area is 95.7 Å². The van der Waals surface area contributed by atoms with Gasteiger partial charge in [0, 0.05) is 18.3 Å². The molecule has 0 bridgehead atoms. The summed E-state index contributed by atoms with van der Waals surface area (Å²) in [5, 5.41) is 4.60. The molecule has 0 aromatic rings. The van der Waals surface area contributed by atoms with Gasteiger partial charge in [-0.2, -0.15) is 11.8 Å². The Bertz CT molecular complexity index is 195. The van der Waals surface area contributed by atoms with E-state index in [0.717, 1.165) is 11.7 Å². The zero-order valence-corrected chi connectivity index (χ0v) is 10.9. The van der Waals surface area contributed by atoms with Gasteiger partial charge < -0.3 is 5.32 Å². The van der Waals surface area contributed by atoms with Crippen molar-refractivity contribution >= 4 is 28.7 Å². The molecule has 1 aliphatic rings. The summed E-state index contributed by atoms with van der Waals surface area (Å²) in [5.74, 6) is 3.09. The third-order valence-electron chi connectivity index (χ3n) is 2.24. The number of nitrogens with one attached hydrogen (secondary N) is 1. The number of nitrogens with zero attached hydrogens (tertiary/aromatic N) is 1. The lowest BCUT2D eigenvalue weighted by molar-refractivity contribution is 0.653. The van der Waals surface area contributed by atoms with Gasteiger partial charge in [0.25, 0.3) is 0 Å². The van der Waals surface area contributed by atoms with Crippen molar-refractivity contribution < 1.29 is 0 Å². The maximum atomic E-state index is 4.60. The predicted octanol–water partition coefficient (Wildman–Crippen LogP) is 2.46. The highest BCUT2D eigenvalue weighted by molar-refractivity contribution is 8.14. The van der Waals surface area contributed by atoms with Crippen molar-refractivity contribution in [3.8, 4) is 0 Å². The van der Waals surface area contributed by atoms with Gasteiger partial charge in [-0.15, -0.1) is 0 Å². The highest BCUT2D eigenvalue weighted by atomic mass is 32.2. The Kier molecular flexibility index (Phi) is 5.78. The second-order valence-corrected chi connectivity index (χ2v) is 5.69. The van der Waals surface area contributed by atoms with Crippen LogP contribution in [0.5, 0.6) is 0 Å². The Balaban J connectivity index is 2.25. The molecule has 4 heteroatoms. The highest BCUT2D eigenvalue weighted by Crippen LogP contribution is 2.16. The normalized spacial score (nSPS) is 26.5. The summed E-state index contributed by atoms with van der Waals surface area (Å²) in [7, 11) is 0. The quantitative estimate of drug-likeness (QED) is 0.788. The van der Waals surface area contributed by atoms with Gasteiger partial charge >= 0.3 is 0 Å². The minimum atomic E-state index is 0.648. The summed E-state index contributed by atoms with van der Waals surface area (Å²) in [6.07, 6.45) is 3.35. The summed E-state index contributed by atoms with van der Waals surface area (Å²) >= 11 is 3.77. The van der Waals surface area contributed by atoms with Crippen LogP contribution in [-0.4, -0.2) is 35.5 Å². The minimum Gasteiger partial charge on any atom is -0.361 e. The van der Waals surface area contributed by atoms with E-state index < -0.39 is 0 Å². The third kappa shape index (κ3) is 4.13. The smallest absolute Gasteiger partial charge is 0.156 e. The Morgan fingerprint density at radius 3 is 3.07 bits per heavy atom. The number of aliphatic imine (C=N–C) groups is 1. The van der Waals surface area contributed by atoms with Gasteiger partial charge in [0.1, 0.15) is 0 Å². The fraction of sp³-hybridized carbons (Fsp3) is 0.900. The molecule has 0 spiro atoms. The van der Waals surface area contributed by atoms with Gasteiger partial charge in [-0.25, -0.2) is 0 Å². The van der Waals surface area contributed by atoms with Crippen molar-refractivity contribution in [1.29, 1.82) is 0 Å². The van der Waals surface area contributed by atoms with Gasteiger partial charge in [-0.1, -0.05) is 25.6 Å². The molecule has 0 radical (unpaired) electrons. The summed E-state index contributed by atoms with van der Waals surface area (Å²) < 4.78 is 0. The van der Waals surface area contributed by atoms with Gasteiger partial charge in [-0.05, 0) is 24.3 Å². The molecule has 0 amide bonds. The maximum absolute atomic E-state index is 4.60. The van der Waals surface area contributed by atoms with E-state index in [2.05, 4.69) is 30.4 Å². The number of rotatable bonds is 5. The SMILES string of the molecule is CCC1CSC(=NCC(C)CSC)N1. The van der Waals surface area contributed by atoms with Crippen LogP contribution in [0.15, 0.2) is 4.99 Å². The first-order valence-corrected chi connectivity index (χ1v) is 7.57. The van der Waals surface area contributed by atoms with Crippen LogP contribution in [0.2, 0.25) is 0 Å². The van der Waals surface area contributed by atoms with Gasteiger partial charge in [0.15, 0.2) is 5.17 Å². The first-order chi connectivity index (χ1) is 6.76. The average molecular weight is 232 g/mol. The van der Waals surface area contributed by atoms with E-state index in [0.29, 0.717) is 12.0 Å². The molecule has 0 aromatic heterocycles. The van der Waals surface area contributed by atoms with Crippen molar-refractivity contribution in [3.63, 3.8) is 0 Å². The largest absolute Gasteiger partial charge is 0.361 e. The van der Waals surface area contributed by atoms with E-state index in [1.54, 1.807) is 0 Å². The molecule has 2 atom stereocenters. The molecule has 0 aliphatic carbocycles. The molecule has 0 aromatic carbocycles. The predicted molar refractivity (Wildman–Crippen MR) is 69.5 cm³/mol. The highest BCUT2D eigenvalue weighted by Gasteiger charge is 2.17. The van der Waals surface area contributed by atoms with E-state index in [4.69, 9.17) is 0 Å². The second-order valence-electron chi connectivity index (χ2n) is 3.77. The number of amidine groups is 1. The Morgan fingerprint density at radius 2 is 2.50 bits per heavy atom. The van der Waals surface area contributed by atoms with Crippen LogP contribution in [0.25, 0.3) is 0 Å². The first kappa shape index (κ1) is 12.2. The van der Waals surface area contributed by atoms with Gasteiger partial charge in [-0.3, -0.25) is 4.99 Å². The van der Waals surface area contributed by atoms with E-state index in [1.165, 1.54) is 17.9 Å². The van der Waals surface area contributed by atoms with Crippen LogP contribution >= 0.6 is 23.5 Å². The molecule has 1 heterocycles. The molecule has 1 saturated heterocycles. The van der Waals surface area contributed by atoms with Crippen LogP contribution in [0, 0.1) is 5.92 Å². The second kappa shape index (κ2) is 6.62. The molecule has 2 nitrogen and oxygen atoms in total. The van der Waals surface area contributed by atoms with Crippen molar-refractivity contribution in [2.75, 3.05) is 24.3 Å². The molecule has 1 N–H and O–H groups in total. The number of hydrogen-bond acceptors (Lipinski definition) is 3. The monoisotopic (exact) mass is 232 g/mol. The van der Waals surface area contributed by atoms with Crippen molar-refractivity contribution in [2.45, 2.75) is 26.3 Å². The lowest BCUT2D eigenvalue weighted by atomic mass is 10.2. The molecular weight excluding hydrogens is 212 g/mol. The number of thioether (sulfide) groups is 2. The van der Waals surface area contributed by atoms with Gasteiger partial charge in [0.05, 0.1) is 0 Å². The zero-order chi connectivity index (χ0) is 10.4. The van der Waals surface area contributed by atoms with E-state index in [-0.39, 0.29) is 0 Å². The van der Waals surface area contributed by atoms with Crippen LogP contribution in [0.4, 0.5) is 0 Å². The zero-order valence-electron chi connectivity index (χ0n) is 9.25. The Hall–Kier alpha value is 0.170. The number of hydrogen-bond donors (Lipinski definition) is 1. The molecule has 1 rings (SSSR count). The molecular formula is C10H20N2S2. The minimum absolute atomic E-state index is 0.648. The lowest BCUT2D eigenvalue weighted by Gasteiger charge is -2.07. The molecule has 0 saturated carbocycles. The molecule has 82 valence electrons. The van der Waals surface area contributed by atoms with Crippen LogP contribution in [-0.2, 0) is 0 Å². The topological polar surface area (TPSA) is 24.4 Å². The molecule has 14 heavy (non-hydrogen) atoms. The summed E-state index contributed by atoms with van der Waals surface area (Å²) in [6, 6.07) is 0.648. The third-order valence-corrected chi connectivity index (χ3v) is 4.23. The lowest BCUT2D eigenvalue weighted by Crippen LogP contribution is -2.26. The van der Waals surface area contributed by atoms with Crippen molar-refractivity contribution in [1.82, 2.24) is 5.32 Å². The van der Waals surface area contributed by atoms with Crippen molar-refractivity contribution in [2.24, 2.45) is 10.9 Å². The Morgan fingerprint density at radius 1 is 1.71 bits per heavy atom. The standard InChI is InChI=1S/C10H20N2S2/c1-4-9-7-14-10(12-9)11-5-8(2)6-13-3/h8-9H,4-7H2,1-3H3,(H,11,12). The molecule has 1 aliphatic heterocycles. The van der Waals surface area contributed by atoms with E-state index in [1.807, 2.05) is 23.5 Å². The molecule has 2 unspecified atom stereocenters. The van der Waals surface area contributed by atoms with Crippen LogP contribution in [0.3, 0.4) is 0 Å².